The molecule has 0 heterocycles. The molecule has 0 fully saturated rings. The van der Waals surface area contributed by atoms with Crippen molar-refractivity contribution in [2.45, 2.75) is 18.8 Å². The highest BCUT2D eigenvalue weighted by atomic mass is 16.1. The molecule has 0 spiro atoms. The zero-order chi connectivity index (χ0) is 10.5. The third kappa shape index (κ3) is 2.24. The summed E-state index contributed by atoms with van der Waals surface area (Å²) < 4.78 is 0. The molecule has 1 aromatic rings. The molecule has 0 radical (unpaired) electrons. The molecule has 1 heteroatoms. The number of aldehydes is 1. The predicted molar refractivity (Wildman–Crippen MR) is 61.7 cm³/mol. The van der Waals surface area contributed by atoms with Gasteiger partial charge < -0.3 is 4.79 Å². The maximum atomic E-state index is 10.7. The molecule has 0 aliphatic heterocycles. The summed E-state index contributed by atoms with van der Waals surface area (Å²) in [6.45, 7) is 0. The van der Waals surface area contributed by atoms with E-state index in [2.05, 4.69) is 30.4 Å². The molecule has 1 aliphatic rings. The van der Waals surface area contributed by atoms with Crippen molar-refractivity contribution in [2.75, 3.05) is 0 Å². The molecule has 2 rings (SSSR count). The number of hydrogen-bond donors (Lipinski definition) is 0. The van der Waals surface area contributed by atoms with Gasteiger partial charge in [-0.25, -0.2) is 0 Å². The Balaban J connectivity index is 2.24. The van der Waals surface area contributed by atoms with Gasteiger partial charge in [-0.1, -0.05) is 54.1 Å². The van der Waals surface area contributed by atoms with Crippen LogP contribution in [-0.4, -0.2) is 6.29 Å². The monoisotopic (exact) mass is 198 g/mol. The van der Waals surface area contributed by atoms with Gasteiger partial charge in [-0.2, -0.15) is 0 Å². The smallest absolute Gasteiger partial charge is 0.120 e. The summed E-state index contributed by atoms with van der Waals surface area (Å²) in [6, 6.07) is 10.2. The maximum Gasteiger partial charge on any atom is 0.120 e. The van der Waals surface area contributed by atoms with Gasteiger partial charge in [0, 0.05) is 12.3 Å². The van der Waals surface area contributed by atoms with E-state index >= 15 is 0 Å². The molecule has 1 aromatic carbocycles. The van der Waals surface area contributed by atoms with E-state index in [1.165, 1.54) is 11.1 Å². The third-order valence-electron chi connectivity index (χ3n) is 2.78. The first-order valence-electron chi connectivity index (χ1n) is 5.26. The average Bonchev–Trinajstić information content (AvgIpc) is 2.80. The first kappa shape index (κ1) is 9.91. The number of hydrogen-bond acceptors (Lipinski definition) is 1. The first-order valence-corrected chi connectivity index (χ1v) is 5.26. The summed E-state index contributed by atoms with van der Waals surface area (Å²) in [5.41, 5.74) is 2.58. The fourth-order valence-corrected chi connectivity index (χ4v) is 2.01. The van der Waals surface area contributed by atoms with Gasteiger partial charge >= 0.3 is 0 Å². The van der Waals surface area contributed by atoms with Crippen molar-refractivity contribution in [1.82, 2.24) is 0 Å². The van der Waals surface area contributed by atoms with Crippen LogP contribution < -0.4 is 0 Å². The van der Waals surface area contributed by atoms with Crippen molar-refractivity contribution >= 4 is 6.29 Å². The topological polar surface area (TPSA) is 17.1 Å². The fourth-order valence-electron chi connectivity index (χ4n) is 2.01. The highest BCUT2D eigenvalue weighted by molar-refractivity contribution is 5.54. The summed E-state index contributed by atoms with van der Waals surface area (Å²) in [4.78, 5) is 10.7. The number of rotatable bonds is 4. The van der Waals surface area contributed by atoms with Crippen molar-refractivity contribution in [3.05, 3.63) is 59.7 Å². The van der Waals surface area contributed by atoms with Crippen LogP contribution in [0.2, 0.25) is 0 Å². The van der Waals surface area contributed by atoms with Gasteiger partial charge in [0.25, 0.3) is 0 Å². The van der Waals surface area contributed by atoms with E-state index < -0.39 is 0 Å². The standard InChI is InChI=1S/C14H14O/c15-11-10-14(13-8-4-5-9-13)12-6-2-1-3-7-12/h1-8,11,14H,9-10H2/t14-/m0/s1. The second-order valence-electron chi connectivity index (χ2n) is 3.74. The van der Waals surface area contributed by atoms with Gasteiger partial charge in [0.1, 0.15) is 6.29 Å². The van der Waals surface area contributed by atoms with Crippen LogP contribution in [0.15, 0.2) is 54.1 Å². The molecule has 15 heavy (non-hydrogen) atoms. The fraction of sp³-hybridized carbons (Fsp3) is 0.214. The predicted octanol–water partition coefficient (Wildman–Crippen LogP) is 3.25. The van der Waals surface area contributed by atoms with E-state index in [1.807, 2.05) is 18.2 Å². The van der Waals surface area contributed by atoms with E-state index in [0.717, 1.165) is 12.7 Å². The van der Waals surface area contributed by atoms with Crippen molar-refractivity contribution in [1.29, 1.82) is 0 Å². The second-order valence-corrected chi connectivity index (χ2v) is 3.74. The highest BCUT2D eigenvalue weighted by Crippen LogP contribution is 2.31. The summed E-state index contributed by atoms with van der Waals surface area (Å²) in [5, 5.41) is 0. The van der Waals surface area contributed by atoms with Crippen LogP contribution in [-0.2, 0) is 4.79 Å². The lowest BCUT2D eigenvalue weighted by atomic mass is 9.88. The van der Waals surface area contributed by atoms with E-state index in [9.17, 15) is 4.79 Å². The first-order chi connectivity index (χ1) is 7.42. The minimum Gasteiger partial charge on any atom is -0.303 e. The number of benzene rings is 1. The number of allylic oxidation sites excluding steroid dienone is 4. The number of carbonyl (C=O) groups is 1. The van der Waals surface area contributed by atoms with Gasteiger partial charge in [0.05, 0.1) is 0 Å². The van der Waals surface area contributed by atoms with Crippen LogP contribution >= 0.6 is 0 Å². The molecule has 0 saturated carbocycles. The van der Waals surface area contributed by atoms with Crippen LogP contribution in [0.1, 0.15) is 24.3 Å². The van der Waals surface area contributed by atoms with Crippen molar-refractivity contribution in [3.8, 4) is 0 Å². The lowest BCUT2D eigenvalue weighted by molar-refractivity contribution is -0.108. The Labute approximate surface area is 90.1 Å². The Morgan fingerprint density at radius 2 is 2.07 bits per heavy atom. The third-order valence-corrected chi connectivity index (χ3v) is 2.78. The van der Waals surface area contributed by atoms with Crippen LogP contribution in [0, 0.1) is 0 Å². The molecule has 0 saturated heterocycles. The van der Waals surface area contributed by atoms with E-state index in [-0.39, 0.29) is 5.92 Å². The Kier molecular flexibility index (Phi) is 3.13. The van der Waals surface area contributed by atoms with Crippen LogP contribution in [0.4, 0.5) is 0 Å². The largest absolute Gasteiger partial charge is 0.303 e. The van der Waals surface area contributed by atoms with Crippen LogP contribution in [0.25, 0.3) is 0 Å². The number of carbonyl (C=O) groups excluding carboxylic acids is 1. The van der Waals surface area contributed by atoms with Crippen LogP contribution in [0.5, 0.6) is 0 Å². The molecule has 1 atom stereocenters. The summed E-state index contributed by atoms with van der Waals surface area (Å²) >= 11 is 0. The van der Waals surface area contributed by atoms with Gasteiger partial charge in [0.15, 0.2) is 0 Å². The van der Waals surface area contributed by atoms with Crippen LogP contribution in [0.3, 0.4) is 0 Å². The van der Waals surface area contributed by atoms with Crippen molar-refractivity contribution < 1.29 is 4.79 Å². The van der Waals surface area contributed by atoms with E-state index in [1.54, 1.807) is 0 Å². The van der Waals surface area contributed by atoms with Gasteiger partial charge in [-0.15, -0.1) is 0 Å². The molecule has 0 N–H and O–H groups in total. The molecule has 76 valence electrons. The Hall–Kier alpha value is -1.63. The van der Waals surface area contributed by atoms with E-state index in [4.69, 9.17) is 0 Å². The normalized spacial score (nSPS) is 16.1. The minimum atomic E-state index is 0.263. The lowest BCUT2D eigenvalue weighted by Crippen LogP contribution is -2.02. The zero-order valence-electron chi connectivity index (χ0n) is 8.60. The Bertz CT molecular complexity index is 387. The Morgan fingerprint density at radius 3 is 2.67 bits per heavy atom. The highest BCUT2D eigenvalue weighted by Gasteiger charge is 2.16. The van der Waals surface area contributed by atoms with Gasteiger partial charge in [0.2, 0.25) is 0 Å². The molecular formula is C14H14O. The molecule has 1 nitrogen and oxygen atoms in total. The summed E-state index contributed by atoms with van der Waals surface area (Å²) in [5.74, 6) is 0.263. The van der Waals surface area contributed by atoms with Crippen molar-refractivity contribution in [2.24, 2.45) is 0 Å². The quantitative estimate of drug-likeness (QED) is 0.679. The zero-order valence-corrected chi connectivity index (χ0v) is 8.60. The molecule has 0 aromatic heterocycles. The maximum absolute atomic E-state index is 10.7. The molecule has 1 aliphatic carbocycles. The molecule has 0 amide bonds. The molecule has 0 unspecified atom stereocenters. The summed E-state index contributed by atoms with van der Waals surface area (Å²) in [7, 11) is 0. The van der Waals surface area contributed by atoms with Gasteiger partial charge in [-0.3, -0.25) is 0 Å². The summed E-state index contributed by atoms with van der Waals surface area (Å²) in [6.07, 6.45) is 8.90. The van der Waals surface area contributed by atoms with E-state index in [0.29, 0.717) is 6.42 Å². The SMILES string of the molecule is O=CC[C@H](C1=CC=CC1)c1ccccc1. The minimum absolute atomic E-state index is 0.263. The lowest BCUT2D eigenvalue weighted by Gasteiger charge is -2.16. The van der Waals surface area contributed by atoms with Crippen molar-refractivity contribution in [3.63, 3.8) is 0 Å². The second kappa shape index (κ2) is 4.74. The average molecular weight is 198 g/mol. The molecular weight excluding hydrogens is 184 g/mol. The molecule has 0 bridgehead atoms. The van der Waals surface area contributed by atoms with Gasteiger partial charge in [-0.05, 0) is 12.0 Å². The Morgan fingerprint density at radius 1 is 1.27 bits per heavy atom.